The van der Waals surface area contributed by atoms with Gasteiger partial charge in [0.15, 0.2) is 0 Å². The van der Waals surface area contributed by atoms with Crippen molar-refractivity contribution in [1.29, 1.82) is 0 Å². The third-order valence-corrected chi connectivity index (χ3v) is 4.33. The largest absolute Gasteiger partial charge is 0.458 e. The molecule has 0 saturated carbocycles. The molecule has 0 atom stereocenters. The van der Waals surface area contributed by atoms with E-state index < -0.39 is 18.2 Å². The van der Waals surface area contributed by atoms with Gasteiger partial charge in [-0.1, -0.05) is 12.1 Å². The van der Waals surface area contributed by atoms with Crippen molar-refractivity contribution in [3.05, 3.63) is 81.2 Å². The van der Waals surface area contributed by atoms with Crippen molar-refractivity contribution in [3.63, 3.8) is 0 Å². The zero-order valence-electron chi connectivity index (χ0n) is 15.8. The van der Waals surface area contributed by atoms with E-state index in [2.05, 4.69) is 4.74 Å². The number of carbonyl (C=O) groups is 1. The van der Waals surface area contributed by atoms with Crippen LogP contribution in [0, 0.1) is 13.8 Å². The second-order valence-electron chi connectivity index (χ2n) is 6.41. The molecule has 0 aliphatic rings. The Kier molecular flexibility index (Phi) is 6.07. The average Bonchev–Trinajstić information content (AvgIpc) is 2.66. The topological polar surface area (TPSA) is 65.7 Å². The minimum atomic E-state index is -2.89. The summed E-state index contributed by atoms with van der Waals surface area (Å²) in [5, 5.41) is 0.707. The third kappa shape index (κ3) is 5.28. The number of hydrogen-bond acceptors (Lipinski definition) is 5. The highest BCUT2D eigenvalue weighted by Crippen LogP contribution is 2.22. The van der Waals surface area contributed by atoms with Gasteiger partial charge < -0.3 is 13.9 Å². The number of hydrogen-bond donors (Lipinski definition) is 0. The molecule has 3 rings (SSSR count). The standard InChI is InChI=1S/C22H18F2O5/c1-13-9-18-16(11-21(26)29-19(18)10-14(13)2)12-27-20(25)8-5-15-3-6-17(7-4-15)28-22(23)24/h3-11,22H,12H2,1-2H3/b8-5+. The molecule has 0 spiro atoms. The molecule has 1 heterocycles. The first-order valence-electron chi connectivity index (χ1n) is 8.75. The van der Waals surface area contributed by atoms with E-state index in [1.807, 2.05) is 19.9 Å². The maximum absolute atomic E-state index is 12.1. The van der Waals surface area contributed by atoms with Crippen LogP contribution in [0.3, 0.4) is 0 Å². The summed E-state index contributed by atoms with van der Waals surface area (Å²) in [7, 11) is 0. The molecule has 29 heavy (non-hydrogen) atoms. The van der Waals surface area contributed by atoms with Gasteiger partial charge in [-0.15, -0.1) is 0 Å². The third-order valence-electron chi connectivity index (χ3n) is 4.33. The van der Waals surface area contributed by atoms with Gasteiger partial charge in [0, 0.05) is 23.1 Å². The molecule has 3 aromatic rings. The molecule has 0 N–H and O–H groups in total. The molecule has 0 saturated heterocycles. The van der Waals surface area contributed by atoms with E-state index in [0.717, 1.165) is 11.1 Å². The van der Waals surface area contributed by atoms with Gasteiger partial charge in [-0.25, -0.2) is 9.59 Å². The lowest BCUT2D eigenvalue weighted by atomic mass is 10.0. The SMILES string of the molecule is Cc1cc2oc(=O)cc(COC(=O)/C=C/c3ccc(OC(F)F)cc3)c2cc1C. The van der Waals surface area contributed by atoms with E-state index in [1.165, 1.54) is 42.5 Å². The fourth-order valence-corrected chi connectivity index (χ4v) is 2.72. The summed E-state index contributed by atoms with van der Waals surface area (Å²) in [6, 6.07) is 10.8. The van der Waals surface area contributed by atoms with Crippen molar-refractivity contribution in [2.75, 3.05) is 0 Å². The quantitative estimate of drug-likeness (QED) is 0.339. The maximum Gasteiger partial charge on any atom is 0.387 e. The first-order valence-corrected chi connectivity index (χ1v) is 8.75. The molecular weight excluding hydrogens is 382 g/mol. The van der Waals surface area contributed by atoms with Crippen LogP contribution in [0.15, 0.2) is 57.8 Å². The Hall–Kier alpha value is -3.48. The van der Waals surface area contributed by atoms with E-state index in [0.29, 0.717) is 22.1 Å². The molecule has 0 unspecified atom stereocenters. The first-order chi connectivity index (χ1) is 13.8. The predicted octanol–water partition coefficient (Wildman–Crippen LogP) is 4.77. The number of carbonyl (C=O) groups excluding carboxylic acids is 1. The molecule has 0 radical (unpaired) electrons. The molecule has 2 aromatic carbocycles. The van der Waals surface area contributed by atoms with Crippen LogP contribution in [-0.2, 0) is 16.1 Å². The molecule has 7 heteroatoms. The van der Waals surface area contributed by atoms with E-state index >= 15 is 0 Å². The number of esters is 1. The lowest BCUT2D eigenvalue weighted by Crippen LogP contribution is -2.06. The number of benzene rings is 2. The Balaban J connectivity index is 1.68. The Labute approximate surface area is 165 Å². The summed E-state index contributed by atoms with van der Waals surface area (Å²) in [5.74, 6) is -0.580. The van der Waals surface area contributed by atoms with E-state index in [-0.39, 0.29) is 12.4 Å². The highest BCUT2D eigenvalue weighted by Gasteiger charge is 2.09. The van der Waals surface area contributed by atoms with Crippen LogP contribution < -0.4 is 10.4 Å². The lowest BCUT2D eigenvalue weighted by molar-refractivity contribution is -0.138. The van der Waals surface area contributed by atoms with E-state index in [1.54, 1.807) is 6.07 Å². The fourth-order valence-electron chi connectivity index (χ4n) is 2.72. The van der Waals surface area contributed by atoms with Crippen molar-refractivity contribution in [2.24, 2.45) is 0 Å². The van der Waals surface area contributed by atoms with Crippen LogP contribution in [0.25, 0.3) is 17.0 Å². The Bertz CT molecular complexity index is 1110. The smallest absolute Gasteiger partial charge is 0.387 e. The lowest BCUT2D eigenvalue weighted by Gasteiger charge is -2.08. The molecular formula is C22H18F2O5. The molecule has 0 fully saturated rings. The molecule has 0 amide bonds. The van der Waals surface area contributed by atoms with Crippen molar-refractivity contribution < 1.29 is 27.5 Å². The number of fused-ring (bicyclic) bond motifs is 1. The van der Waals surface area contributed by atoms with Crippen LogP contribution >= 0.6 is 0 Å². The second-order valence-corrected chi connectivity index (χ2v) is 6.41. The van der Waals surface area contributed by atoms with Gasteiger partial charge in [-0.3, -0.25) is 0 Å². The van der Waals surface area contributed by atoms with Gasteiger partial charge in [0.1, 0.15) is 17.9 Å². The highest BCUT2D eigenvalue weighted by molar-refractivity contribution is 5.87. The molecule has 0 aliphatic heterocycles. The normalized spacial score (nSPS) is 11.3. The molecule has 1 aromatic heterocycles. The summed E-state index contributed by atoms with van der Waals surface area (Å²) in [6.07, 6.45) is 2.70. The van der Waals surface area contributed by atoms with Crippen LogP contribution in [0.1, 0.15) is 22.3 Å². The predicted molar refractivity (Wildman–Crippen MR) is 104 cm³/mol. The van der Waals surface area contributed by atoms with E-state index in [4.69, 9.17) is 9.15 Å². The number of rotatable bonds is 6. The summed E-state index contributed by atoms with van der Waals surface area (Å²) < 4.78 is 39.0. The van der Waals surface area contributed by atoms with Gasteiger partial charge in [-0.05, 0) is 60.9 Å². The first kappa shape index (κ1) is 20.3. The van der Waals surface area contributed by atoms with E-state index in [9.17, 15) is 18.4 Å². The summed E-state index contributed by atoms with van der Waals surface area (Å²) >= 11 is 0. The molecule has 0 bridgehead atoms. The number of aryl methyl sites for hydroxylation is 2. The monoisotopic (exact) mass is 400 g/mol. The van der Waals surface area contributed by atoms with Gasteiger partial charge in [0.25, 0.3) is 0 Å². The Morgan fingerprint density at radius 2 is 1.79 bits per heavy atom. The average molecular weight is 400 g/mol. The number of alkyl halides is 2. The van der Waals surface area contributed by atoms with Crippen LogP contribution in [0.2, 0.25) is 0 Å². The molecule has 5 nitrogen and oxygen atoms in total. The highest BCUT2D eigenvalue weighted by atomic mass is 19.3. The van der Waals surface area contributed by atoms with Crippen molar-refractivity contribution >= 4 is 23.0 Å². The van der Waals surface area contributed by atoms with Crippen LogP contribution in [-0.4, -0.2) is 12.6 Å². The minimum Gasteiger partial charge on any atom is -0.458 e. The fraction of sp³-hybridized carbons (Fsp3) is 0.182. The van der Waals surface area contributed by atoms with Gasteiger partial charge >= 0.3 is 18.2 Å². The Morgan fingerprint density at radius 1 is 1.10 bits per heavy atom. The Morgan fingerprint density at radius 3 is 2.48 bits per heavy atom. The number of ether oxygens (including phenoxy) is 2. The summed E-state index contributed by atoms with van der Waals surface area (Å²) in [6.45, 7) is 0.874. The zero-order valence-corrected chi connectivity index (χ0v) is 15.8. The zero-order chi connectivity index (χ0) is 21.0. The van der Waals surface area contributed by atoms with Gasteiger partial charge in [0.05, 0.1) is 0 Å². The van der Waals surface area contributed by atoms with Crippen molar-refractivity contribution in [3.8, 4) is 5.75 Å². The van der Waals surface area contributed by atoms with Crippen LogP contribution in [0.4, 0.5) is 8.78 Å². The number of halogens is 2. The minimum absolute atomic E-state index is 0.0278. The molecule has 150 valence electrons. The van der Waals surface area contributed by atoms with Crippen molar-refractivity contribution in [2.45, 2.75) is 27.1 Å². The molecule has 0 aliphatic carbocycles. The van der Waals surface area contributed by atoms with Crippen LogP contribution in [0.5, 0.6) is 5.75 Å². The maximum atomic E-state index is 12.1. The van der Waals surface area contributed by atoms with Gasteiger partial charge in [0.2, 0.25) is 0 Å². The van der Waals surface area contributed by atoms with Gasteiger partial charge in [-0.2, -0.15) is 8.78 Å². The van der Waals surface area contributed by atoms with Crippen molar-refractivity contribution in [1.82, 2.24) is 0 Å². The summed E-state index contributed by atoms with van der Waals surface area (Å²) in [4.78, 5) is 23.8. The summed E-state index contributed by atoms with van der Waals surface area (Å²) in [5.41, 5.74) is 3.10. The second kappa shape index (κ2) is 8.68.